The molecule has 2 aromatic rings. The van der Waals surface area contributed by atoms with Gasteiger partial charge in [-0.2, -0.15) is 5.10 Å². The van der Waals surface area contributed by atoms with Gasteiger partial charge < -0.3 is 9.64 Å². The van der Waals surface area contributed by atoms with Crippen LogP contribution in [0.25, 0.3) is 0 Å². The molecule has 0 atom stereocenters. The van der Waals surface area contributed by atoms with Crippen LogP contribution >= 0.6 is 0 Å². The molecule has 8 heteroatoms. The summed E-state index contributed by atoms with van der Waals surface area (Å²) in [5, 5.41) is 6.69. The van der Waals surface area contributed by atoms with E-state index in [2.05, 4.69) is 19.8 Å². The second-order valence-electron chi connectivity index (χ2n) is 5.97. The van der Waals surface area contributed by atoms with Crippen molar-refractivity contribution >= 4 is 21.4 Å². The monoisotopic (exact) mass is 350 g/mol. The van der Waals surface area contributed by atoms with E-state index in [0.29, 0.717) is 30.3 Å². The molecule has 0 saturated carbocycles. The fourth-order valence-electron chi connectivity index (χ4n) is 2.87. The summed E-state index contributed by atoms with van der Waals surface area (Å²) < 4.78 is 33.6. The molecule has 1 aliphatic rings. The highest BCUT2D eigenvalue weighted by Crippen LogP contribution is 2.27. The standard InChI is InChI=1S/C16H22N4O3S/c1-11-4-5-14(20-6-8-23-9-7-20)10-15(11)19-24(21,22)16-12(2)17-18-13(16)3/h4-5,10,19H,6-9H2,1-3H3,(H,17,18). The topological polar surface area (TPSA) is 87.3 Å². The van der Waals surface area contributed by atoms with Crippen LogP contribution in [0.1, 0.15) is 17.0 Å². The number of rotatable bonds is 4. The van der Waals surface area contributed by atoms with Crippen LogP contribution < -0.4 is 9.62 Å². The highest BCUT2D eigenvalue weighted by atomic mass is 32.2. The van der Waals surface area contributed by atoms with Crippen molar-refractivity contribution in [1.29, 1.82) is 0 Å². The average Bonchev–Trinajstić information content (AvgIpc) is 2.90. The summed E-state index contributed by atoms with van der Waals surface area (Å²) in [6, 6.07) is 5.81. The van der Waals surface area contributed by atoms with Crippen LogP contribution in [0.4, 0.5) is 11.4 Å². The highest BCUT2D eigenvalue weighted by Gasteiger charge is 2.23. The molecule has 7 nitrogen and oxygen atoms in total. The minimum absolute atomic E-state index is 0.207. The Hall–Kier alpha value is -2.06. The van der Waals surface area contributed by atoms with Crippen molar-refractivity contribution in [1.82, 2.24) is 10.2 Å². The summed E-state index contributed by atoms with van der Waals surface area (Å²) in [4.78, 5) is 2.40. The maximum atomic E-state index is 12.7. The molecule has 1 aromatic heterocycles. The van der Waals surface area contributed by atoms with Gasteiger partial charge in [-0.1, -0.05) is 6.07 Å². The summed E-state index contributed by atoms with van der Waals surface area (Å²) >= 11 is 0. The van der Waals surface area contributed by atoms with Crippen LogP contribution in [-0.4, -0.2) is 44.9 Å². The molecule has 1 saturated heterocycles. The van der Waals surface area contributed by atoms with Crippen molar-refractivity contribution in [2.75, 3.05) is 35.9 Å². The lowest BCUT2D eigenvalue weighted by molar-refractivity contribution is 0.122. The Kier molecular flexibility index (Phi) is 4.51. The van der Waals surface area contributed by atoms with E-state index in [9.17, 15) is 8.42 Å². The molecule has 0 unspecified atom stereocenters. The summed E-state index contributed by atoms with van der Waals surface area (Å²) in [6.45, 7) is 8.23. The Balaban J connectivity index is 1.92. The number of H-pyrrole nitrogens is 1. The zero-order chi connectivity index (χ0) is 17.3. The van der Waals surface area contributed by atoms with Crippen molar-refractivity contribution < 1.29 is 13.2 Å². The summed E-state index contributed by atoms with van der Waals surface area (Å²) in [6.07, 6.45) is 0. The first-order valence-corrected chi connectivity index (χ1v) is 9.34. The molecule has 24 heavy (non-hydrogen) atoms. The number of hydrogen-bond acceptors (Lipinski definition) is 5. The zero-order valence-corrected chi connectivity index (χ0v) is 14.9. The van der Waals surface area contributed by atoms with Crippen LogP contribution in [0.5, 0.6) is 0 Å². The number of ether oxygens (including phenoxy) is 1. The number of anilines is 2. The van der Waals surface area contributed by atoms with E-state index in [-0.39, 0.29) is 4.90 Å². The lowest BCUT2D eigenvalue weighted by atomic mass is 10.1. The molecule has 0 amide bonds. The van der Waals surface area contributed by atoms with Gasteiger partial charge in [0.05, 0.1) is 30.3 Å². The third kappa shape index (κ3) is 3.25. The van der Waals surface area contributed by atoms with Crippen LogP contribution in [0.2, 0.25) is 0 Å². The lowest BCUT2D eigenvalue weighted by Gasteiger charge is -2.29. The normalized spacial score (nSPS) is 15.5. The van der Waals surface area contributed by atoms with Gasteiger partial charge in [0.15, 0.2) is 0 Å². The minimum Gasteiger partial charge on any atom is -0.378 e. The molecule has 1 fully saturated rings. The SMILES string of the molecule is Cc1ccc(N2CCOCC2)cc1NS(=O)(=O)c1c(C)n[nH]c1C. The number of morpholine rings is 1. The third-order valence-electron chi connectivity index (χ3n) is 4.17. The van der Waals surface area contributed by atoms with Gasteiger partial charge in [0.1, 0.15) is 4.90 Å². The Labute approximate surface area is 142 Å². The molecule has 3 rings (SSSR count). The minimum atomic E-state index is -3.69. The predicted molar refractivity (Wildman–Crippen MR) is 93.1 cm³/mol. The predicted octanol–water partition coefficient (Wildman–Crippen LogP) is 1.97. The van der Waals surface area contributed by atoms with Crippen molar-refractivity contribution in [3.05, 3.63) is 35.2 Å². The second-order valence-corrected chi connectivity index (χ2v) is 7.59. The first-order chi connectivity index (χ1) is 11.4. The molecule has 0 spiro atoms. The quantitative estimate of drug-likeness (QED) is 0.880. The van der Waals surface area contributed by atoms with Crippen LogP contribution in [0.3, 0.4) is 0 Å². The smallest absolute Gasteiger partial charge is 0.265 e. The number of sulfonamides is 1. The van der Waals surface area contributed by atoms with E-state index in [0.717, 1.165) is 24.3 Å². The summed E-state index contributed by atoms with van der Waals surface area (Å²) in [5.41, 5.74) is 3.43. The van der Waals surface area contributed by atoms with Gasteiger partial charge in [-0.25, -0.2) is 8.42 Å². The van der Waals surface area contributed by atoms with E-state index < -0.39 is 10.0 Å². The third-order valence-corrected chi connectivity index (χ3v) is 5.80. The molecular weight excluding hydrogens is 328 g/mol. The van der Waals surface area contributed by atoms with Crippen LogP contribution in [0.15, 0.2) is 23.1 Å². The zero-order valence-electron chi connectivity index (χ0n) is 14.1. The number of hydrogen-bond donors (Lipinski definition) is 2. The lowest BCUT2D eigenvalue weighted by Crippen LogP contribution is -2.36. The maximum Gasteiger partial charge on any atom is 0.265 e. The van der Waals surface area contributed by atoms with Gasteiger partial charge in [0, 0.05) is 18.8 Å². The van der Waals surface area contributed by atoms with Crippen molar-refractivity contribution in [3.8, 4) is 0 Å². The number of nitrogens with zero attached hydrogens (tertiary/aromatic N) is 2. The fourth-order valence-corrected chi connectivity index (χ4v) is 4.37. The van der Waals surface area contributed by atoms with Gasteiger partial charge in [-0.15, -0.1) is 0 Å². The molecule has 2 heterocycles. The van der Waals surface area contributed by atoms with Gasteiger partial charge in [-0.3, -0.25) is 9.82 Å². The van der Waals surface area contributed by atoms with Crippen molar-refractivity contribution in [2.45, 2.75) is 25.7 Å². The number of benzene rings is 1. The number of aryl methyl sites for hydroxylation is 3. The molecule has 0 radical (unpaired) electrons. The molecule has 0 bridgehead atoms. The Morgan fingerprint density at radius 2 is 1.92 bits per heavy atom. The molecular formula is C16H22N4O3S. The number of aromatic amines is 1. The van der Waals surface area contributed by atoms with E-state index in [1.807, 2.05) is 25.1 Å². The molecule has 1 aliphatic heterocycles. The van der Waals surface area contributed by atoms with Gasteiger partial charge in [0.2, 0.25) is 0 Å². The second kappa shape index (κ2) is 6.45. The van der Waals surface area contributed by atoms with E-state index in [1.54, 1.807) is 13.8 Å². The van der Waals surface area contributed by atoms with Crippen LogP contribution in [0, 0.1) is 20.8 Å². The largest absolute Gasteiger partial charge is 0.378 e. The first kappa shape index (κ1) is 16.8. The maximum absolute atomic E-state index is 12.7. The summed E-state index contributed by atoms with van der Waals surface area (Å²) in [5.74, 6) is 0. The number of nitrogens with one attached hydrogen (secondary N) is 2. The Bertz CT molecular complexity index is 820. The fraction of sp³-hybridized carbons (Fsp3) is 0.438. The van der Waals surface area contributed by atoms with E-state index >= 15 is 0 Å². The Morgan fingerprint density at radius 3 is 2.54 bits per heavy atom. The molecule has 130 valence electrons. The van der Waals surface area contributed by atoms with Crippen molar-refractivity contribution in [2.24, 2.45) is 0 Å². The number of aromatic nitrogens is 2. The molecule has 2 N–H and O–H groups in total. The molecule has 1 aromatic carbocycles. The average molecular weight is 350 g/mol. The summed E-state index contributed by atoms with van der Waals surface area (Å²) in [7, 11) is -3.69. The Morgan fingerprint density at radius 1 is 1.21 bits per heavy atom. The van der Waals surface area contributed by atoms with Gasteiger partial charge >= 0.3 is 0 Å². The molecule has 0 aliphatic carbocycles. The van der Waals surface area contributed by atoms with Crippen LogP contribution in [-0.2, 0) is 14.8 Å². The van der Waals surface area contributed by atoms with Crippen molar-refractivity contribution in [3.63, 3.8) is 0 Å². The van der Waals surface area contributed by atoms with E-state index in [4.69, 9.17) is 4.74 Å². The van der Waals surface area contributed by atoms with E-state index in [1.165, 1.54) is 0 Å². The van der Waals surface area contributed by atoms with Gasteiger partial charge in [0.25, 0.3) is 10.0 Å². The van der Waals surface area contributed by atoms with Gasteiger partial charge in [-0.05, 0) is 38.5 Å². The first-order valence-electron chi connectivity index (χ1n) is 7.86. The highest BCUT2D eigenvalue weighted by molar-refractivity contribution is 7.92.